The summed E-state index contributed by atoms with van der Waals surface area (Å²) in [7, 11) is 1.38. The molecular weight excluding hydrogens is 408 g/mol. The Labute approximate surface area is 185 Å². The summed E-state index contributed by atoms with van der Waals surface area (Å²) in [6, 6.07) is 18.9. The molecule has 1 atom stereocenters. The van der Waals surface area contributed by atoms with Crippen LogP contribution in [-0.2, 0) is 20.9 Å². The van der Waals surface area contributed by atoms with Gasteiger partial charge in [-0.2, -0.15) is 5.10 Å². The lowest BCUT2D eigenvalue weighted by molar-refractivity contribution is -0.149. The first-order valence-corrected chi connectivity index (χ1v) is 10.0. The van der Waals surface area contributed by atoms with Gasteiger partial charge in [0, 0.05) is 30.4 Å². The molecule has 0 spiro atoms. The van der Waals surface area contributed by atoms with Crippen molar-refractivity contribution in [1.29, 1.82) is 0 Å². The lowest BCUT2D eigenvalue weighted by Crippen LogP contribution is -2.43. The Morgan fingerprint density at radius 2 is 1.72 bits per heavy atom. The highest BCUT2D eigenvalue weighted by atomic mass is 16.5. The Hall–Kier alpha value is -4.20. The first kappa shape index (κ1) is 22.5. The highest BCUT2D eigenvalue weighted by molar-refractivity contribution is 5.98. The monoisotopic (exact) mass is 432 g/mol. The number of benzene rings is 2. The molecule has 3 amide bonds. The maximum absolute atomic E-state index is 12.2. The predicted octanol–water partition coefficient (Wildman–Crippen LogP) is 3.00. The van der Waals surface area contributed by atoms with Crippen molar-refractivity contribution in [2.75, 3.05) is 7.05 Å². The van der Waals surface area contributed by atoms with E-state index in [2.05, 4.69) is 15.7 Å². The third-order valence-electron chi connectivity index (χ3n) is 4.55. The summed E-state index contributed by atoms with van der Waals surface area (Å²) >= 11 is 0. The predicted molar refractivity (Wildman–Crippen MR) is 120 cm³/mol. The van der Waals surface area contributed by atoms with Gasteiger partial charge in [0.2, 0.25) is 0 Å². The van der Waals surface area contributed by atoms with Crippen LogP contribution in [0.5, 0.6) is 0 Å². The van der Waals surface area contributed by atoms with Crippen LogP contribution in [0.25, 0.3) is 17.3 Å². The van der Waals surface area contributed by atoms with Gasteiger partial charge >= 0.3 is 12.0 Å². The van der Waals surface area contributed by atoms with E-state index in [1.807, 2.05) is 71.5 Å². The van der Waals surface area contributed by atoms with Gasteiger partial charge in [-0.05, 0) is 18.6 Å². The number of imide groups is 1. The molecule has 3 aromatic rings. The van der Waals surface area contributed by atoms with Crippen LogP contribution in [0.1, 0.15) is 18.1 Å². The Balaban J connectivity index is 1.76. The molecule has 2 N–H and O–H groups in total. The van der Waals surface area contributed by atoms with Gasteiger partial charge in [-0.3, -0.25) is 14.8 Å². The Kier molecular flexibility index (Phi) is 7.53. The lowest BCUT2D eigenvalue weighted by Gasteiger charge is -2.11. The maximum Gasteiger partial charge on any atom is 0.331 e. The van der Waals surface area contributed by atoms with Crippen molar-refractivity contribution in [3.8, 4) is 11.3 Å². The van der Waals surface area contributed by atoms with Gasteiger partial charge in [0.25, 0.3) is 5.91 Å². The van der Waals surface area contributed by atoms with E-state index in [1.165, 1.54) is 20.0 Å². The van der Waals surface area contributed by atoms with Crippen molar-refractivity contribution in [2.24, 2.45) is 0 Å². The molecule has 8 nitrogen and oxygen atoms in total. The van der Waals surface area contributed by atoms with Gasteiger partial charge in [-0.1, -0.05) is 60.7 Å². The van der Waals surface area contributed by atoms with Crippen molar-refractivity contribution >= 4 is 24.0 Å². The number of ether oxygens (including phenoxy) is 1. The van der Waals surface area contributed by atoms with Crippen LogP contribution in [0.3, 0.4) is 0 Å². The number of amides is 3. The highest BCUT2D eigenvalue weighted by Gasteiger charge is 2.18. The van der Waals surface area contributed by atoms with Gasteiger partial charge in [0.1, 0.15) is 0 Å². The number of aromatic nitrogens is 2. The van der Waals surface area contributed by atoms with Gasteiger partial charge in [0.15, 0.2) is 6.10 Å². The first-order valence-electron chi connectivity index (χ1n) is 10.0. The van der Waals surface area contributed by atoms with Crippen LogP contribution >= 0.6 is 0 Å². The number of nitrogens with zero attached hydrogens (tertiary/aromatic N) is 2. The standard InChI is InChI=1S/C24H24N4O4/c1-17(23(30)26-24(31)25-2)32-21(29)14-13-20-16-28(15-18-9-5-3-6-10-18)27-22(20)19-11-7-4-8-12-19/h3-14,16-17H,15H2,1-2H3,(H2,25,26,30,31)/b14-13+. The van der Waals surface area contributed by atoms with E-state index in [4.69, 9.17) is 4.74 Å². The summed E-state index contributed by atoms with van der Waals surface area (Å²) in [5.74, 6) is -1.42. The number of urea groups is 1. The third kappa shape index (κ3) is 6.15. The van der Waals surface area contributed by atoms with E-state index in [9.17, 15) is 14.4 Å². The van der Waals surface area contributed by atoms with Gasteiger partial charge < -0.3 is 10.1 Å². The van der Waals surface area contributed by atoms with E-state index < -0.39 is 24.0 Å². The first-order chi connectivity index (χ1) is 15.5. The number of carbonyl (C=O) groups is 3. The zero-order valence-electron chi connectivity index (χ0n) is 17.8. The fourth-order valence-electron chi connectivity index (χ4n) is 2.93. The van der Waals surface area contributed by atoms with Crippen LogP contribution in [0, 0.1) is 0 Å². The average molecular weight is 432 g/mol. The molecule has 0 saturated carbocycles. The van der Waals surface area contributed by atoms with Crippen molar-refractivity contribution in [2.45, 2.75) is 19.6 Å². The van der Waals surface area contributed by atoms with Gasteiger partial charge in [-0.25, -0.2) is 9.59 Å². The van der Waals surface area contributed by atoms with Crippen molar-refractivity contribution in [3.63, 3.8) is 0 Å². The van der Waals surface area contributed by atoms with Crippen molar-refractivity contribution in [1.82, 2.24) is 20.4 Å². The number of carbonyl (C=O) groups excluding carboxylic acids is 3. The normalized spacial score (nSPS) is 11.7. The summed E-state index contributed by atoms with van der Waals surface area (Å²) in [5, 5.41) is 9.01. The number of nitrogens with one attached hydrogen (secondary N) is 2. The van der Waals surface area contributed by atoms with Crippen LogP contribution in [0.4, 0.5) is 4.79 Å². The second-order valence-electron chi connectivity index (χ2n) is 6.96. The molecular formula is C24H24N4O4. The second kappa shape index (κ2) is 10.7. The lowest BCUT2D eigenvalue weighted by atomic mass is 10.1. The molecule has 1 heterocycles. The number of rotatable bonds is 7. The van der Waals surface area contributed by atoms with Crippen LogP contribution < -0.4 is 10.6 Å². The minimum Gasteiger partial charge on any atom is -0.449 e. The van der Waals surface area contributed by atoms with E-state index >= 15 is 0 Å². The molecule has 3 rings (SSSR count). The quantitative estimate of drug-likeness (QED) is 0.441. The summed E-state index contributed by atoms with van der Waals surface area (Å²) in [5.41, 5.74) is 3.45. The van der Waals surface area contributed by atoms with Crippen LogP contribution in [0.15, 0.2) is 72.9 Å². The Morgan fingerprint density at radius 1 is 1.06 bits per heavy atom. The average Bonchev–Trinajstić information content (AvgIpc) is 3.21. The van der Waals surface area contributed by atoms with E-state index in [0.717, 1.165) is 22.4 Å². The van der Waals surface area contributed by atoms with E-state index in [-0.39, 0.29) is 0 Å². The smallest absolute Gasteiger partial charge is 0.331 e. The topological polar surface area (TPSA) is 102 Å². The Bertz CT molecular complexity index is 1110. The minimum absolute atomic E-state index is 0.579. The largest absolute Gasteiger partial charge is 0.449 e. The van der Waals surface area contributed by atoms with Gasteiger partial charge in [0.05, 0.1) is 12.2 Å². The van der Waals surface area contributed by atoms with Crippen LogP contribution in [0.2, 0.25) is 0 Å². The molecule has 164 valence electrons. The molecule has 0 aliphatic carbocycles. The van der Waals surface area contributed by atoms with Crippen molar-refractivity contribution < 1.29 is 19.1 Å². The van der Waals surface area contributed by atoms with Crippen molar-refractivity contribution in [3.05, 3.63) is 84.1 Å². The molecule has 0 radical (unpaired) electrons. The Morgan fingerprint density at radius 3 is 2.38 bits per heavy atom. The summed E-state index contributed by atoms with van der Waals surface area (Å²) in [6.07, 6.45) is 3.56. The number of esters is 1. The fourth-order valence-corrected chi connectivity index (χ4v) is 2.93. The SMILES string of the molecule is CNC(=O)NC(=O)C(C)OC(=O)/C=C/c1cn(Cc2ccccc2)nc1-c1ccccc1. The molecule has 0 fully saturated rings. The molecule has 0 aliphatic heterocycles. The van der Waals surface area contributed by atoms with E-state index in [1.54, 1.807) is 6.08 Å². The minimum atomic E-state index is -1.13. The molecule has 32 heavy (non-hydrogen) atoms. The molecule has 0 aliphatic rings. The summed E-state index contributed by atoms with van der Waals surface area (Å²) in [6.45, 7) is 1.97. The highest BCUT2D eigenvalue weighted by Crippen LogP contribution is 2.23. The summed E-state index contributed by atoms with van der Waals surface area (Å²) < 4.78 is 6.89. The fraction of sp³-hybridized carbons (Fsp3) is 0.167. The third-order valence-corrected chi connectivity index (χ3v) is 4.55. The second-order valence-corrected chi connectivity index (χ2v) is 6.96. The summed E-state index contributed by atoms with van der Waals surface area (Å²) in [4.78, 5) is 35.3. The zero-order valence-corrected chi connectivity index (χ0v) is 17.8. The number of hydrogen-bond donors (Lipinski definition) is 2. The number of hydrogen-bond acceptors (Lipinski definition) is 5. The maximum atomic E-state index is 12.2. The molecule has 2 aromatic carbocycles. The van der Waals surface area contributed by atoms with Crippen LogP contribution in [-0.4, -0.2) is 40.8 Å². The molecule has 0 saturated heterocycles. The van der Waals surface area contributed by atoms with E-state index in [0.29, 0.717) is 6.54 Å². The molecule has 1 unspecified atom stereocenters. The molecule has 8 heteroatoms. The molecule has 0 bridgehead atoms. The van der Waals surface area contributed by atoms with Gasteiger partial charge in [-0.15, -0.1) is 0 Å². The molecule has 1 aromatic heterocycles. The zero-order chi connectivity index (χ0) is 22.9.